The molecule has 4 rings (SSSR count). The van der Waals surface area contributed by atoms with Crippen LogP contribution in [0.2, 0.25) is 0 Å². The molecule has 0 unspecified atom stereocenters. The fourth-order valence-electron chi connectivity index (χ4n) is 4.07. The highest BCUT2D eigenvalue weighted by molar-refractivity contribution is 5.91. The Bertz CT molecular complexity index is 838. The van der Waals surface area contributed by atoms with Crippen molar-refractivity contribution >= 4 is 17.7 Å². The van der Waals surface area contributed by atoms with Crippen LogP contribution in [-0.2, 0) is 10.2 Å². The first-order valence-electron chi connectivity index (χ1n) is 8.38. The molecule has 0 spiro atoms. The van der Waals surface area contributed by atoms with Crippen LogP contribution in [0.3, 0.4) is 0 Å². The minimum atomic E-state index is -0.518. The Kier molecular flexibility index (Phi) is 3.11. The molecule has 2 aliphatic heterocycles. The number of amides is 1. The molecule has 1 amide bonds. The smallest absolute Gasteiger partial charge is 0.241 e. The molecular weight excluding hydrogens is 296 g/mol. The molecule has 2 aromatic carbocycles. The number of benzene rings is 2. The predicted octanol–water partition coefficient (Wildman–Crippen LogP) is 3.63. The van der Waals surface area contributed by atoms with Gasteiger partial charge in [-0.1, -0.05) is 68.0 Å². The second-order valence-electron chi connectivity index (χ2n) is 7.29. The van der Waals surface area contributed by atoms with Gasteiger partial charge in [-0.2, -0.15) is 0 Å². The van der Waals surface area contributed by atoms with Crippen LogP contribution >= 0.6 is 0 Å². The number of anilines is 1. The largest absolute Gasteiger partial charge is 0.335 e. The van der Waals surface area contributed by atoms with Crippen LogP contribution in [0.25, 0.3) is 6.08 Å². The van der Waals surface area contributed by atoms with Crippen LogP contribution < -0.4 is 10.2 Å². The number of nitrogens with zero attached hydrogens (tertiary/aromatic N) is 1. The third kappa shape index (κ3) is 1.94. The number of aryl methyl sites for hydroxylation is 1. The van der Waals surface area contributed by atoms with Crippen LogP contribution in [0.15, 0.2) is 54.6 Å². The van der Waals surface area contributed by atoms with Gasteiger partial charge in [-0.3, -0.25) is 4.79 Å². The molecule has 3 heteroatoms. The summed E-state index contributed by atoms with van der Waals surface area (Å²) in [5.74, 6) is 0.0759. The molecule has 1 saturated heterocycles. The molecule has 24 heavy (non-hydrogen) atoms. The second-order valence-corrected chi connectivity index (χ2v) is 7.29. The molecule has 2 aliphatic rings. The van der Waals surface area contributed by atoms with Crippen molar-refractivity contribution in [3.63, 3.8) is 0 Å². The summed E-state index contributed by atoms with van der Waals surface area (Å²) < 4.78 is 0. The molecule has 1 fully saturated rings. The van der Waals surface area contributed by atoms with E-state index in [1.165, 1.54) is 11.1 Å². The number of fused-ring (bicyclic) bond motifs is 3. The molecule has 0 bridgehead atoms. The van der Waals surface area contributed by atoms with Crippen molar-refractivity contribution in [3.05, 3.63) is 71.3 Å². The topological polar surface area (TPSA) is 32.3 Å². The zero-order chi connectivity index (χ0) is 16.9. The standard InChI is InChI=1S/C21H22N2O/c1-15-9-10-18-17(13-15)20(2,3)21(22-19(24)14-23(18)21)12-11-16-7-5-4-6-8-16/h4-13H,14H2,1-3H3,(H,22,24)/t21-/m0/s1. The lowest BCUT2D eigenvalue weighted by molar-refractivity contribution is -0.118. The van der Waals surface area contributed by atoms with E-state index in [-0.39, 0.29) is 11.3 Å². The van der Waals surface area contributed by atoms with E-state index in [0.717, 1.165) is 11.3 Å². The molecule has 3 nitrogen and oxygen atoms in total. The van der Waals surface area contributed by atoms with E-state index in [9.17, 15) is 4.79 Å². The van der Waals surface area contributed by atoms with Crippen molar-refractivity contribution in [1.82, 2.24) is 5.32 Å². The summed E-state index contributed by atoms with van der Waals surface area (Å²) in [5.41, 5.74) is 4.09. The number of carbonyl (C=O) groups excluding carboxylic acids is 1. The molecule has 2 heterocycles. The number of nitrogens with one attached hydrogen (secondary N) is 1. The van der Waals surface area contributed by atoms with Crippen LogP contribution in [0, 0.1) is 6.92 Å². The van der Waals surface area contributed by atoms with Gasteiger partial charge < -0.3 is 10.2 Å². The van der Waals surface area contributed by atoms with Crippen molar-refractivity contribution < 1.29 is 4.79 Å². The second kappa shape index (κ2) is 4.97. The molecule has 0 saturated carbocycles. The summed E-state index contributed by atoms with van der Waals surface area (Å²) in [7, 11) is 0. The van der Waals surface area contributed by atoms with Gasteiger partial charge in [0.1, 0.15) is 5.66 Å². The minimum Gasteiger partial charge on any atom is -0.335 e. The average molecular weight is 318 g/mol. The molecule has 0 aromatic heterocycles. The summed E-state index contributed by atoms with van der Waals surface area (Å²) in [6.45, 7) is 6.95. The van der Waals surface area contributed by atoms with Gasteiger partial charge in [-0.05, 0) is 30.2 Å². The van der Waals surface area contributed by atoms with E-state index < -0.39 is 5.66 Å². The van der Waals surface area contributed by atoms with Crippen LogP contribution in [0.5, 0.6) is 0 Å². The van der Waals surface area contributed by atoms with Gasteiger partial charge in [-0.15, -0.1) is 0 Å². The summed E-state index contributed by atoms with van der Waals surface area (Å²) in [4.78, 5) is 14.5. The Balaban J connectivity index is 1.86. The van der Waals surface area contributed by atoms with E-state index >= 15 is 0 Å². The average Bonchev–Trinajstić information content (AvgIpc) is 2.98. The van der Waals surface area contributed by atoms with E-state index in [1.807, 2.05) is 18.2 Å². The lowest BCUT2D eigenvalue weighted by atomic mass is 9.75. The molecular formula is C21H22N2O. The quantitative estimate of drug-likeness (QED) is 0.917. The van der Waals surface area contributed by atoms with Gasteiger partial charge in [0.05, 0.1) is 6.54 Å². The van der Waals surface area contributed by atoms with Gasteiger partial charge in [0.25, 0.3) is 0 Å². The fourth-order valence-corrected chi connectivity index (χ4v) is 4.07. The summed E-state index contributed by atoms with van der Waals surface area (Å²) in [6, 6.07) is 16.7. The highest BCUT2D eigenvalue weighted by Crippen LogP contribution is 2.53. The Morgan fingerprint density at radius 1 is 1.12 bits per heavy atom. The third-order valence-corrected chi connectivity index (χ3v) is 5.44. The third-order valence-electron chi connectivity index (χ3n) is 5.44. The summed E-state index contributed by atoms with van der Waals surface area (Å²) in [5, 5.41) is 3.26. The van der Waals surface area contributed by atoms with Crippen molar-refractivity contribution in [2.24, 2.45) is 0 Å². The van der Waals surface area contributed by atoms with Crippen molar-refractivity contribution in [2.75, 3.05) is 11.4 Å². The maximum Gasteiger partial charge on any atom is 0.241 e. The van der Waals surface area contributed by atoms with Crippen molar-refractivity contribution in [1.29, 1.82) is 0 Å². The van der Waals surface area contributed by atoms with Gasteiger partial charge in [0.2, 0.25) is 5.91 Å². The van der Waals surface area contributed by atoms with Crippen molar-refractivity contribution in [2.45, 2.75) is 31.8 Å². The minimum absolute atomic E-state index is 0.0759. The maximum absolute atomic E-state index is 12.3. The Morgan fingerprint density at radius 3 is 2.62 bits per heavy atom. The first-order chi connectivity index (χ1) is 11.4. The van der Waals surface area contributed by atoms with Gasteiger partial charge in [0.15, 0.2) is 0 Å². The normalized spacial score (nSPS) is 24.1. The van der Waals surface area contributed by atoms with E-state index in [2.05, 4.69) is 73.5 Å². The lowest BCUT2D eigenvalue weighted by Crippen LogP contribution is -2.58. The molecule has 1 N–H and O–H groups in total. The highest BCUT2D eigenvalue weighted by atomic mass is 16.2. The Hall–Kier alpha value is -2.55. The Morgan fingerprint density at radius 2 is 1.88 bits per heavy atom. The van der Waals surface area contributed by atoms with Crippen LogP contribution in [-0.4, -0.2) is 18.1 Å². The zero-order valence-electron chi connectivity index (χ0n) is 14.3. The zero-order valence-corrected chi connectivity index (χ0v) is 14.3. The van der Waals surface area contributed by atoms with E-state index in [4.69, 9.17) is 0 Å². The first kappa shape index (κ1) is 15.0. The van der Waals surface area contributed by atoms with Crippen LogP contribution in [0.1, 0.15) is 30.5 Å². The Labute approximate surface area is 143 Å². The summed E-state index contributed by atoms with van der Waals surface area (Å²) in [6.07, 6.45) is 4.27. The predicted molar refractivity (Wildman–Crippen MR) is 97.9 cm³/mol. The van der Waals surface area contributed by atoms with Crippen LogP contribution in [0.4, 0.5) is 5.69 Å². The lowest BCUT2D eigenvalue weighted by Gasteiger charge is -2.40. The highest BCUT2D eigenvalue weighted by Gasteiger charge is 2.59. The molecule has 0 aliphatic carbocycles. The monoisotopic (exact) mass is 318 g/mol. The molecule has 1 atom stereocenters. The summed E-state index contributed by atoms with van der Waals surface area (Å²) >= 11 is 0. The van der Waals surface area contributed by atoms with Gasteiger partial charge in [0, 0.05) is 11.1 Å². The van der Waals surface area contributed by atoms with E-state index in [0.29, 0.717) is 6.54 Å². The SMILES string of the molecule is Cc1ccc2c(c1)C(C)(C)[C@@]1(C=Cc3ccccc3)NC(=O)CN21. The number of hydrogen-bond donors (Lipinski definition) is 1. The van der Waals surface area contributed by atoms with Crippen molar-refractivity contribution in [3.8, 4) is 0 Å². The molecule has 0 radical (unpaired) electrons. The van der Waals surface area contributed by atoms with Gasteiger partial charge >= 0.3 is 0 Å². The maximum atomic E-state index is 12.3. The number of hydrogen-bond acceptors (Lipinski definition) is 2. The van der Waals surface area contributed by atoms with E-state index in [1.54, 1.807) is 0 Å². The number of rotatable bonds is 2. The number of carbonyl (C=O) groups is 1. The van der Waals surface area contributed by atoms with Gasteiger partial charge in [-0.25, -0.2) is 0 Å². The fraction of sp³-hybridized carbons (Fsp3) is 0.286. The molecule has 2 aromatic rings. The first-order valence-corrected chi connectivity index (χ1v) is 8.38. The molecule has 122 valence electrons.